The van der Waals surface area contributed by atoms with E-state index in [9.17, 15) is 0 Å². The van der Waals surface area contributed by atoms with Crippen molar-refractivity contribution in [1.82, 2.24) is 9.55 Å². The third-order valence-corrected chi connectivity index (χ3v) is 2.35. The first-order valence-electron chi connectivity index (χ1n) is 5.18. The molecule has 0 bridgehead atoms. The molecule has 0 fully saturated rings. The molecule has 0 aliphatic heterocycles. The van der Waals surface area contributed by atoms with Gasteiger partial charge in [0.25, 0.3) is 0 Å². The molecule has 0 amide bonds. The molecule has 17 heavy (non-hydrogen) atoms. The number of nitrogens with two attached hydrogens (primary N) is 1. The minimum Gasteiger partial charge on any atom is -1.00 e. The van der Waals surface area contributed by atoms with Crippen molar-refractivity contribution < 1.29 is 24.8 Å². The summed E-state index contributed by atoms with van der Waals surface area (Å²) in [6, 6.07) is 10.2. The van der Waals surface area contributed by atoms with E-state index in [0.29, 0.717) is 6.54 Å². The zero-order valence-corrected chi connectivity index (χ0v) is 10.9. The number of benzene rings is 1. The van der Waals surface area contributed by atoms with Crippen LogP contribution in [-0.4, -0.2) is 16.1 Å². The van der Waals surface area contributed by atoms with Gasteiger partial charge >= 0.3 is 0 Å². The molecule has 3 nitrogen and oxygen atoms in total. The quantitative estimate of drug-likeness (QED) is 0.615. The van der Waals surface area contributed by atoms with Crippen molar-refractivity contribution in [3.05, 3.63) is 42.7 Å². The van der Waals surface area contributed by atoms with Gasteiger partial charge in [0, 0.05) is 24.5 Å². The van der Waals surface area contributed by atoms with E-state index in [0.717, 1.165) is 24.4 Å². The Hall–Kier alpha value is -1.03. The lowest BCUT2D eigenvalue weighted by molar-refractivity contribution is -0.00100. The molecule has 0 spiro atoms. The van der Waals surface area contributed by atoms with E-state index in [4.69, 9.17) is 5.73 Å². The number of aryl methyl sites for hydroxylation is 1. The van der Waals surface area contributed by atoms with Crippen LogP contribution in [0.15, 0.2) is 42.7 Å². The molecule has 1 aromatic heterocycles. The van der Waals surface area contributed by atoms with Crippen molar-refractivity contribution >= 4 is 0 Å². The zero-order valence-electron chi connectivity index (χ0n) is 9.39. The SMILES string of the molecule is NCCCn1ccnc1-c1ccccc1.[Cl-].[Cl-]. The second-order valence-electron chi connectivity index (χ2n) is 3.45. The molecule has 1 heterocycles. The van der Waals surface area contributed by atoms with Crippen LogP contribution in [-0.2, 0) is 6.54 Å². The second kappa shape index (κ2) is 8.12. The maximum Gasteiger partial charge on any atom is 0.139 e. The largest absolute Gasteiger partial charge is 1.00 e. The minimum absolute atomic E-state index is 0. The first kappa shape index (κ1) is 16.0. The van der Waals surface area contributed by atoms with E-state index >= 15 is 0 Å². The van der Waals surface area contributed by atoms with Gasteiger partial charge in [0.1, 0.15) is 5.82 Å². The predicted molar refractivity (Wildman–Crippen MR) is 61.3 cm³/mol. The summed E-state index contributed by atoms with van der Waals surface area (Å²) in [4.78, 5) is 4.36. The number of halogens is 2. The lowest BCUT2D eigenvalue weighted by Crippen LogP contribution is -3.00. The minimum atomic E-state index is 0. The van der Waals surface area contributed by atoms with Crippen LogP contribution in [0.1, 0.15) is 6.42 Å². The Kier molecular flexibility index (Phi) is 7.63. The molecule has 0 aliphatic carbocycles. The summed E-state index contributed by atoms with van der Waals surface area (Å²) >= 11 is 0. The maximum absolute atomic E-state index is 5.50. The predicted octanol–water partition coefficient (Wildman–Crippen LogP) is -4.09. The van der Waals surface area contributed by atoms with Gasteiger partial charge in [0.05, 0.1) is 0 Å². The lowest BCUT2D eigenvalue weighted by atomic mass is 10.2. The maximum atomic E-state index is 5.50. The van der Waals surface area contributed by atoms with Crippen LogP contribution >= 0.6 is 0 Å². The number of hydrogen-bond donors (Lipinski definition) is 1. The van der Waals surface area contributed by atoms with Crippen molar-refractivity contribution in [2.24, 2.45) is 5.73 Å². The number of nitrogens with zero attached hydrogens (tertiary/aromatic N) is 2. The Morgan fingerprint density at radius 3 is 2.47 bits per heavy atom. The lowest BCUT2D eigenvalue weighted by Gasteiger charge is -2.06. The highest BCUT2D eigenvalue weighted by Gasteiger charge is 2.03. The van der Waals surface area contributed by atoms with Crippen LogP contribution in [0.2, 0.25) is 0 Å². The highest BCUT2D eigenvalue weighted by molar-refractivity contribution is 5.54. The van der Waals surface area contributed by atoms with Crippen molar-refractivity contribution in [2.75, 3.05) is 6.54 Å². The summed E-state index contributed by atoms with van der Waals surface area (Å²) in [6.07, 6.45) is 4.81. The number of hydrogen-bond acceptors (Lipinski definition) is 2. The average molecular weight is 272 g/mol. The molecule has 2 N–H and O–H groups in total. The van der Waals surface area contributed by atoms with Crippen LogP contribution in [0.3, 0.4) is 0 Å². The molecule has 94 valence electrons. The molecule has 0 saturated carbocycles. The fourth-order valence-electron chi connectivity index (χ4n) is 1.60. The van der Waals surface area contributed by atoms with Crippen molar-refractivity contribution in [3.8, 4) is 11.4 Å². The van der Waals surface area contributed by atoms with Crippen molar-refractivity contribution in [3.63, 3.8) is 0 Å². The number of rotatable bonds is 4. The summed E-state index contributed by atoms with van der Waals surface area (Å²) in [5.74, 6) is 1.02. The molecular weight excluding hydrogens is 257 g/mol. The van der Waals surface area contributed by atoms with Gasteiger partial charge in [-0.25, -0.2) is 4.98 Å². The fourth-order valence-corrected chi connectivity index (χ4v) is 1.60. The van der Waals surface area contributed by atoms with Gasteiger partial charge in [0.15, 0.2) is 0 Å². The van der Waals surface area contributed by atoms with Crippen LogP contribution in [0.4, 0.5) is 0 Å². The third kappa shape index (κ3) is 4.04. The standard InChI is InChI=1S/C12H15N3.2ClH/c13-7-4-9-15-10-8-14-12(15)11-5-2-1-3-6-11;;/h1-3,5-6,8,10H,4,7,9,13H2;2*1H/p-2. The first-order chi connectivity index (χ1) is 7.42. The van der Waals surface area contributed by atoms with E-state index in [1.807, 2.05) is 30.6 Å². The van der Waals surface area contributed by atoms with Gasteiger partial charge in [-0.15, -0.1) is 0 Å². The Balaban J connectivity index is 0.00000128. The molecule has 0 aliphatic rings. The third-order valence-electron chi connectivity index (χ3n) is 2.35. The number of imidazole rings is 1. The highest BCUT2D eigenvalue weighted by atomic mass is 35.5. The van der Waals surface area contributed by atoms with Gasteiger partial charge in [0.2, 0.25) is 0 Å². The molecule has 0 unspecified atom stereocenters. The van der Waals surface area contributed by atoms with Gasteiger partial charge in [-0.3, -0.25) is 0 Å². The molecule has 1 aromatic carbocycles. The molecule has 0 saturated heterocycles. The van der Waals surface area contributed by atoms with Crippen LogP contribution in [0.25, 0.3) is 11.4 Å². The molecule has 0 radical (unpaired) electrons. The summed E-state index contributed by atoms with van der Waals surface area (Å²) in [6.45, 7) is 1.65. The second-order valence-corrected chi connectivity index (χ2v) is 3.45. The molecule has 2 aromatic rings. The van der Waals surface area contributed by atoms with Crippen molar-refractivity contribution in [1.29, 1.82) is 0 Å². The molecule has 5 heteroatoms. The van der Waals surface area contributed by atoms with E-state index in [1.165, 1.54) is 0 Å². The van der Waals surface area contributed by atoms with E-state index < -0.39 is 0 Å². The summed E-state index contributed by atoms with van der Waals surface area (Å²) in [5, 5.41) is 0. The number of aromatic nitrogens is 2. The fraction of sp³-hybridized carbons (Fsp3) is 0.250. The van der Waals surface area contributed by atoms with E-state index in [-0.39, 0.29) is 24.8 Å². The Morgan fingerprint density at radius 2 is 1.82 bits per heavy atom. The van der Waals surface area contributed by atoms with Gasteiger partial charge in [-0.2, -0.15) is 0 Å². The summed E-state index contributed by atoms with van der Waals surface area (Å²) < 4.78 is 2.14. The molecular formula is C12H15Cl2N3-2. The smallest absolute Gasteiger partial charge is 0.139 e. The monoisotopic (exact) mass is 271 g/mol. The van der Waals surface area contributed by atoms with Gasteiger partial charge < -0.3 is 35.1 Å². The Morgan fingerprint density at radius 1 is 1.12 bits per heavy atom. The summed E-state index contributed by atoms with van der Waals surface area (Å²) in [5.41, 5.74) is 6.65. The normalized spacial score (nSPS) is 9.24. The Labute approximate surface area is 114 Å². The topological polar surface area (TPSA) is 43.8 Å². The van der Waals surface area contributed by atoms with Gasteiger partial charge in [-0.05, 0) is 13.0 Å². The van der Waals surface area contributed by atoms with Crippen LogP contribution in [0, 0.1) is 0 Å². The molecule has 0 atom stereocenters. The van der Waals surface area contributed by atoms with Gasteiger partial charge in [-0.1, -0.05) is 30.3 Å². The molecule has 2 rings (SSSR count). The highest BCUT2D eigenvalue weighted by Crippen LogP contribution is 2.16. The van der Waals surface area contributed by atoms with E-state index in [2.05, 4.69) is 21.7 Å². The average Bonchev–Trinajstić information content (AvgIpc) is 2.75. The zero-order chi connectivity index (χ0) is 10.5. The summed E-state index contributed by atoms with van der Waals surface area (Å²) in [7, 11) is 0. The first-order valence-corrected chi connectivity index (χ1v) is 5.18. The van der Waals surface area contributed by atoms with E-state index in [1.54, 1.807) is 0 Å². The van der Waals surface area contributed by atoms with Crippen LogP contribution in [0.5, 0.6) is 0 Å². The van der Waals surface area contributed by atoms with Crippen molar-refractivity contribution in [2.45, 2.75) is 13.0 Å². The Bertz CT molecular complexity index is 415. The van der Waals surface area contributed by atoms with Crippen LogP contribution < -0.4 is 30.5 Å².